The lowest BCUT2D eigenvalue weighted by Gasteiger charge is -2.28. The van der Waals surface area contributed by atoms with Gasteiger partial charge in [-0.05, 0) is 37.6 Å². The third-order valence-electron chi connectivity index (χ3n) is 2.76. The lowest BCUT2D eigenvalue weighted by atomic mass is 10.0. The predicted molar refractivity (Wildman–Crippen MR) is 73.2 cm³/mol. The molecular weight excluding hydrogens is 273 g/mol. The molecule has 2 amide bonds. The molecule has 1 heterocycles. The second-order valence-corrected chi connectivity index (χ2v) is 5.30. The minimum Gasteiger partial charge on any atom is -0.385 e. The zero-order valence-corrected chi connectivity index (χ0v) is 11.5. The van der Waals surface area contributed by atoms with Crippen LogP contribution in [0.15, 0.2) is 23.2 Å². The lowest BCUT2D eigenvalue weighted by molar-refractivity contribution is 0.190. The summed E-state index contributed by atoms with van der Waals surface area (Å²) in [5.74, 6) is 0.270. The summed E-state index contributed by atoms with van der Waals surface area (Å²) in [5, 5.41) is 1.02. The Kier molecular flexibility index (Phi) is 3.50. The van der Waals surface area contributed by atoms with E-state index in [9.17, 15) is 4.79 Å². The molecule has 0 radical (unpaired) electrons. The normalized spacial score (nSPS) is 19.6. The fourth-order valence-electron chi connectivity index (χ4n) is 2.07. The highest BCUT2D eigenvalue weighted by Gasteiger charge is 2.36. The van der Waals surface area contributed by atoms with Gasteiger partial charge in [-0.1, -0.05) is 23.2 Å². The van der Waals surface area contributed by atoms with Crippen LogP contribution in [0.4, 0.5) is 4.79 Å². The van der Waals surface area contributed by atoms with Gasteiger partial charge in [0.2, 0.25) is 0 Å². The molecule has 1 aliphatic heterocycles. The molecule has 1 aromatic rings. The molecule has 0 aromatic heterocycles. The Balaban J connectivity index is 2.47. The van der Waals surface area contributed by atoms with E-state index in [0.29, 0.717) is 10.0 Å². The number of amides is 2. The van der Waals surface area contributed by atoms with Crippen LogP contribution >= 0.6 is 23.2 Å². The Morgan fingerprint density at radius 3 is 2.33 bits per heavy atom. The molecule has 2 rings (SSSR count). The molecule has 1 aromatic carbocycles. The van der Waals surface area contributed by atoms with Crippen LogP contribution < -0.4 is 5.73 Å². The maximum atomic E-state index is 11.8. The van der Waals surface area contributed by atoms with E-state index in [4.69, 9.17) is 28.9 Å². The van der Waals surface area contributed by atoms with E-state index in [1.807, 2.05) is 13.8 Å². The zero-order chi connectivity index (χ0) is 13.4. The first-order chi connectivity index (χ1) is 8.40. The van der Waals surface area contributed by atoms with E-state index in [1.165, 1.54) is 0 Å². The van der Waals surface area contributed by atoms with Crippen LogP contribution in [-0.4, -0.2) is 22.8 Å². The van der Waals surface area contributed by atoms with E-state index < -0.39 is 6.04 Å². The number of rotatable bonds is 2. The van der Waals surface area contributed by atoms with E-state index >= 15 is 0 Å². The lowest BCUT2D eigenvalue weighted by Crippen LogP contribution is -2.38. The highest BCUT2D eigenvalue weighted by Crippen LogP contribution is 2.32. The predicted octanol–water partition coefficient (Wildman–Crippen LogP) is 3.24. The van der Waals surface area contributed by atoms with Crippen molar-refractivity contribution in [3.63, 3.8) is 0 Å². The largest absolute Gasteiger partial charge is 0.385 e. The third kappa shape index (κ3) is 2.31. The van der Waals surface area contributed by atoms with Crippen molar-refractivity contribution in [1.82, 2.24) is 4.90 Å². The summed E-state index contributed by atoms with van der Waals surface area (Å²) in [5.41, 5.74) is 6.60. The number of carbonyl (C=O) groups is 1. The number of halogens is 2. The van der Waals surface area contributed by atoms with Gasteiger partial charge in [0, 0.05) is 16.1 Å². The minimum absolute atomic E-state index is 0.00921. The second-order valence-electron chi connectivity index (χ2n) is 4.43. The maximum Gasteiger partial charge on any atom is 0.346 e. The molecule has 0 aliphatic carbocycles. The van der Waals surface area contributed by atoms with Crippen molar-refractivity contribution in [2.45, 2.75) is 25.9 Å². The summed E-state index contributed by atoms with van der Waals surface area (Å²) in [6.45, 7) is 3.82. The fourth-order valence-corrected chi connectivity index (χ4v) is 2.61. The number of nitrogens with two attached hydrogens (primary N) is 1. The minimum atomic E-state index is -0.395. The van der Waals surface area contributed by atoms with Crippen molar-refractivity contribution in [2.24, 2.45) is 10.7 Å². The first-order valence-electron chi connectivity index (χ1n) is 5.52. The number of nitrogens with zero attached hydrogens (tertiary/aromatic N) is 2. The number of urea groups is 1. The van der Waals surface area contributed by atoms with Gasteiger partial charge in [-0.25, -0.2) is 4.79 Å². The number of benzene rings is 1. The first kappa shape index (κ1) is 13.2. The van der Waals surface area contributed by atoms with Crippen LogP contribution in [-0.2, 0) is 0 Å². The Hall–Kier alpha value is -1.26. The van der Waals surface area contributed by atoms with Crippen LogP contribution in [0.3, 0.4) is 0 Å². The quantitative estimate of drug-likeness (QED) is 0.907. The van der Waals surface area contributed by atoms with E-state index in [0.717, 1.165) is 5.56 Å². The number of carbonyl (C=O) groups excluding carboxylic acids is 1. The van der Waals surface area contributed by atoms with Crippen molar-refractivity contribution < 1.29 is 4.79 Å². The summed E-state index contributed by atoms with van der Waals surface area (Å²) < 4.78 is 0. The summed E-state index contributed by atoms with van der Waals surface area (Å²) in [4.78, 5) is 17.2. The average Bonchev–Trinajstić information content (AvgIpc) is 2.51. The molecule has 4 nitrogen and oxygen atoms in total. The Morgan fingerprint density at radius 2 is 1.83 bits per heavy atom. The highest BCUT2D eigenvalue weighted by atomic mass is 35.5. The van der Waals surface area contributed by atoms with Crippen molar-refractivity contribution in [3.8, 4) is 0 Å². The molecule has 0 spiro atoms. The molecule has 1 aliphatic rings. The van der Waals surface area contributed by atoms with Gasteiger partial charge in [-0.3, -0.25) is 0 Å². The van der Waals surface area contributed by atoms with E-state index in [2.05, 4.69) is 4.99 Å². The smallest absolute Gasteiger partial charge is 0.346 e. The van der Waals surface area contributed by atoms with E-state index in [1.54, 1.807) is 23.1 Å². The van der Waals surface area contributed by atoms with Crippen LogP contribution in [0, 0.1) is 0 Å². The second kappa shape index (κ2) is 4.78. The fraction of sp³-hybridized carbons (Fsp3) is 0.333. The number of hydrogen-bond acceptors (Lipinski definition) is 2. The van der Waals surface area contributed by atoms with Crippen LogP contribution in [0.2, 0.25) is 10.0 Å². The summed E-state index contributed by atoms with van der Waals surface area (Å²) in [6.07, 6.45) is 0. The Labute approximate surface area is 115 Å². The highest BCUT2D eigenvalue weighted by molar-refractivity contribution is 6.34. The molecule has 0 saturated heterocycles. The van der Waals surface area contributed by atoms with Crippen LogP contribution in [0.5, 0.6) is 0 Å². The summed E-state index contributed by atoms with van der Waals surface area (Å²) in [6, 6.07) is 4.39. The van der Waals surface area contributed by atoms with Crippen molar-refractivity contribution in [1.29, 1.82) is 0 Å². The number of hydrogen-bond donors (Lipinski definition) is 1. The third-order valence-corrected chi connectivity index (χ3v) is 3.20. The molecule has 0 saturated carbocycles. The number of aliphatic imine (C=N–C) groups is 1. The first-order valence-corrected chi connectivity index (χ1v) is 6.28. The molecule has 1 atom stereocenters. The van der Waals surface area contributed by atoms with Gasteiger partial charge in [-0.2, -0.15) is 4.99 Å². The monoisotopic (exact) mass is 285 g/mol. The van der Waals surface area contributed by atoms with Crippen molar-refractivity contribution >= 4 is 35.1 Å². The molecule has 6 heteroatoms. The molecule has 0 fully saturated rings. The molecule has 1 unspecified atom stereocenters. The van der Waals surface area contributed by atoms with Crippen LogP contribution in [0.25, 0.3) is 0 Å². The topological polar surface area (TPSA) is 58.7 Å². The Bertz CT molecular complexity index is 508. The van der Waals surface area contributed by atoms with Gasteiger partial charge in [-0.15, -0.1) is 0 Å². The van der Waals surface area contributed by atoms with Gasteiger partial charge in [0.25, 0.3) is 0 Å². The van der Waals surface area contributed by atoms with Crippen molar-refractivity contribution in [3.05, 3.63) is 33.8 Å². The molecule has 0 bridgehead atoms. The van der Waals surface area contributed by atoms with Gasteiger partial charge >= 0.3 is 6.03 Å². The average molecular weight is 286 g/mol. The number of amidine groups is 1. The molecule has 18 heavy (non-hydrogen) atoms. The van der Waals surface area contributed by atoms with Gasteiger partial charge in [0.15, 0.2) is 0 Å². The molecular formula is C12H13Cl2N3O. The zero-order valence-electron chi connectivity index (χ0n) is 10.0. The van der Waals surface area contributed by atoms with Crippen LogP contribution in [0.1, 0.15) is 25.5 Å². The Morgan fingerprint density at radius 1 is 1.28 bits per heavy atom. The van der Waals surface area contributed by atoms with Gasteiger partial charge in [0.05, 0.1) is 0 Å². The van der Waals surface area contributed by atoms with Gasteiger partial charge < -0.3 is 10.6 Å². The molecule has 96 valence electrons. The summed E-state index contributed by atoms with van der Waals surface area (Å²) >= 11 is 11.9. The summed E-state index contributed by atoms with van der Waals surface area (Å²) in [7, 11) is 0. The van der Waals surface area contributed by atoms with Gasteiger partial charge in [0.1, 0.15) is 11.9 Å². The SMILES string of the molecule is CC(C)N1C(=O)N=C(N)C1c1cc(Cl)cc(Cl)c1. The molecule has 2 N–H and O–H groups in total. The standard InChI is InChI=1S/C12H13Cl2N3O/c1-6(2)17-10(11(15)16-12(17)18)7-3-8(13)5-9(14)4-7/h3-6,10H,1-2H3,(H2,15,16,18). The maximum absolute atomic E-state index is 11.8. The van der Waals surface area contributed by atoms with E-state index in [-0.39, 0.29) is 17.9 Å². The van der Waals surface area contributed by atoms with Crippen molar-refractivity contribution in [2.75, 3.05) is 0 Å².